The minimum atomic E-state index is -0.00344. The molecule has 30 heavy (non-hydrogen) atoms. The van der Waals surface area contributed by atoms with Crippen LogP contribution < -0.4 is 15.0 Å². The molecule has 1 aromatic heterocycles. The Morgan fingerprint density at radius 2 is 1.80 bits per heavy atom. The number of rotatable bonds is 5. The van der Waals surface area contributed by atoms with Crippen molar-refractivity contribution in [2.45, 2.75) is 18.9 Å². The quantitative estimate of drug-likeness (QED) is 0.820. The number of carbonyl (C=O) groups excluding carboxylic acids is 1. The summed E-state index contributed by atoms with van der Waals surface area (Å²) >= 11 is 0. The molecule has 0 radical (unpaired) electrons. The number of carbonyl (C=O) groups is 1. The molecule has 0 spiro atoms. The second-order valence-electron chi connectivity index (χ2n) is 8.32. The van der Waals surface area contributed by atoms with Crippen molar-refractivity contribution < 1.29 is 14.3 Å². The van der Waals surface area contributed by atoms with Crippen molar-refractivity contribution in [2.75, 3.05) is 50.8 Å². The summed E-state index contributed by atoms with van der Waals surface area (Å²) in [6.07, 6.45) is 5.93. The van der Waals surface area contributed by atoms with Gasteiger partial charge in [0.15, 0.2) is 0 Å². The van der Waals surface area contributed by atoms with E-state index >= 15 is 0 Å². The molecule has 6 rings (SSSR count). The van der Waals surface area contributed by atoms with Crippen molar-refractivity contribution in [3.05, 3.63) is 48.3 Å². The lowest BCUT2D eigenvalue weighted by molar-refractivity contribution is 0.0620. The van der Waals surface area contributed by atoms with Crippen molar-refractivity contribution >= 4 is 11.6 Å². The molecule has 1 atom stereocenters. The van der Waals surface area contributed by atoms with Gasteiger partial charge in [0, 0.05) is 37.3 Å². The van der Waals surface area contributed by atoms with Crippen LogP contribution in [0.5, 0.6) is 11.5 Å². The number of aromatic nitrogens is 1. The highest BCUT2D eigenvalue weighted by molar-refractivity contribution is 5.94. The SMILES string of the molecule is O=C(NC1CN2CCC1CC2)c1ccc(Oc2cncc(N3CCOCC3)c2)cc1. The van der Waals surface area contributed by atoms with Crippen LogP contribution in [0.15, 0.2) is 42.7 Å². The lowest BCUT2D eigenvalue weighted by atomic mass is 9.84. The van der Waals surface area contributed by atoms with Crippen LogP contribution in [0.3, 0.4) is 0 Å². The van der Waals surface area contributed by atoms with Crippen molar-refractivity contribution in [1.82, 2.24) is 15.2 Å². The van der Waals surface area contributed by atoms with Crippen LogP contribution in [0, 0.1) is 5.92 Å². The monoisotopic (exact) mass is 408 g/mol. The first-order valence-corrected chi connectivity index (χ1v) is 10.8. The number of piperidine rings is 3. The molecule has 1 unspecified atom stereocenters. The van der Waals surface area contributed by atoms with E-state index in [1.807, 2.05) is 36.5 Å². The molecule has 7 heteroatoms. The molecule has 2 bridgehead atoms. The molecule has 1 aromatic carbocycles. The highest BCUT2D eigenvalue weighted by atomic mass is 16.5. The molecule has 158 valence electrons. The zero-order valence-corrected chi connectivity index (χ0v) is 17.1. The fraction of sp³-hybridized carbons (Fsp3) is 0.478. The van der Waals surface area contributed by atoms with Crippen LogP contribution in [0.4, 0.5) is 5.69 Å². The number of nitrogens with zero attached hydrogens (tertiary/aromatic N) is 3. The average Bonchev–Trinajstić information content (AvgIpc) is 2.81. The van der Waals surface area contributed by atoms with E-state index in [-0.39, 0.29) is 11.9 Å². The number of fused-ring (bicyclic) bond motifs is 3. The second kappa shape index (κ2) is 8.62. The van der Waals surface area contributed by atoms with Gasteiger partial charge in [-0.2, -0.15) is 0 Å². The number of morpholine rings is 1. The van der Waals surface area contributed by atoms with Gasteiger partial charge in [-0.1, -0.05) is 0 Å². The van der Waals surface area contributed by atoms with Crippen LogP contribution in [-0.4, -0.2) is 67.8 Å². The number of hydrogen-bond donors (Lipinski definition) is 1. The zero-order valence-electron chi connectivity index (χ0n) is 17.1. The van der Waals surface area contributed by atoms with Gasteiger partial charge < -0.3 is 24.6 Å². The Balaban J connectivity index is 1.20. The summed E-state index contributed by atoms with van der Waals surface area (Å²) in [6, 6.07) is 9.59. The predicted octanol–water partition coefficient (Wildman–Crippen LogP) is 2.53. The number of ether oxygens (including phenoxy) is 2. The number of benzene rings is 1. The summed E-state index contributed by atoms with van der Waals surface area (Å²) < 4.78 is 11.4. The van der Waals surface area contributed by atoms with Crippen molar-refractivity contribution in [3.8, 4) is 11.5 Å². The van der Waals surface area contributed by atoms with E-state index in [9.17, 15) is 4.79 Å². The van der Waals surface area contributed by atoms with Crippen LogP contribution in [-0.2, 0) is 4.74 Å². The summed E-state index contributed by atoms with van der Waals surface area (Å²) in [5, 5.41) is 3.23. The van der Waals surface area contributed by atoms with Gasteiger partial charge in [-0.25, -0.2) is 0 Å². The molecular formula is C23H28N4O3. The molecule has 1 N–H and O–H groups in total. The Morgan fingerprint density at radius 1 is 1.03 bits per heavy atom. The van der Waals surface area contributed by atoms with Gasteiger partial charge in [-0.05, 0) is 56.1 Å². The molecule has 4 aliphatic heterocycles. The van der Waals surface area contributed by atoms with E-state index in [4.69, 9.17) is 9.47 Å². The number of pyridine rings is 1. The van der Waals surface area contributed by atoms with Gasteiger partial charge in [0.1, 0.15) is 11.5 Å². The number of anilines is 1. The van der Waals surface area contributed by atoms with Gasteiger partial charge in [0.2, 0.25) is 0 Å². The van der Waals surface area contributed by atoms with Gasteiger partial charge in [0.25, 0.3) is 5.91 Å². The zero-order chi connectivity index (χ0) is 20.3. The second-order valence-corrected chi connectivity index (χ2v) is 8.32. The first-order valence-electron chi connectivity index (χ1n) is 10.8. The van der Waals surface area contributed by atoms with E-state index < -0.39 is 0 Å². The van der Waals surface area contributed by atoms with Gasteiger partial charge in [0.05, 0.1) is 31.3 Å². The first kappa shape index (κ1) is 19.3. The lowest BCUT2D eigenvalue weighted by Crippen LogP contribution is -2.57. The summed E-state index contributed by atoms with van der Waals surface area (Å²) in [4.78, 5) is 21.7. The Labute approximate surface area is 177 Å². The summed E-state index contributed by atoms with van der Waals surface area (Å²) in [5.74, 6) is 1.99. The largest absolute Gasteiger partial charge is 0.456 e. The topological polar surface area (TPSA) is 66.9 Å². The summed E-state index contributed by atoms with van der Waals surface area (Å²) in [6.45, 7) is 6.49. The Hall–Kier alpha value is -2.64. The van der Waals surface area contributed by atoms with Crippen LogP contribution >= 0.6 is 0 Å². The normalized spacial score (nSPS) is 25.7. The lowest BCUT2D eigenvalue weighted by Gasteiger charge is -2.44. The average molecular weight is 409 g/mol. The molecule has 0 aliphatic carbocycles. The molecule has 0 saturated carbocycles. The van der Waals surface area contributed by atoms with E-state index in [1.54, 1.807) is 6.20 Å². The van der Waals surface area contributed by atoms with Crippen molar-refractivity contribution in [1.29, 1.82) is 0 Å². The number of amides is 1. The fourth-order valence-corrected chi connectivity index (χ4v) is 4.65. The first-order chi connectivity index (χ1) is 14.7. The van der Waals surface area contributed by atoms with E-state index in [0.717, 1.165) is 38.5 Å². The third-order valence-corrected chi connectivity index (χ3v) is 6.40. The molecule has 1 amide bonds. The highest BCUT2D eigenvalue weighted by Gasteiger charge is 2.34. The minimum absolute atomic E-state index is 0.00344. The standard InChI is InChI=1S/C23H28N4O3/c28-23(25-22-16-26-7-5-17(22)6-8-26)18-1-3-20(4-2-18)30-21-13-19(14-24-15-21)27-9-11-29-12-10-27/h1-4,13-15,17,22H,5-12,16H2,(H,25,28). The highest BCUT2D eigenvalue weighted by Crippen LogP contribution is 2.28. The Kier molecular flexibility index (Phi) is 5.55. The van der Waals surface area contributed by atoms with E-state index in [2.05, 4.69) is 20.1 Å². The van der Waals surface area contributed by atoms with Crippen LogP contribution in [0.2, 0.25) is 0 Å². The third kappa shape index (κ3) is 4.27. The Morgan fingerprint density at radius 3 is 2.50 bits per heavy atom. The molecule has 4 aliphatic rings. The molecule has 4 saturated heterocycles. The number of nitrogens with one attached hydrogen (secondary N) is 1. The predicted molar refractivity (Wildman–Crippen MR) is 114 cm³/mol. The maximum absolute atomic E-state index is 12.7. The fourth-order valence-electron chi connectivity index (χ4n) is 4.65. The van der Waals surface area contributed by atoms with Crippen LogP contribution in [0.25, 0.3) is 0 Å². The number of hydrogen-bond acceptors (Lipinski definition) is 6. The molecule has 2 aromatic rings. The Bertz CT molecular complexity index is 874. The molecular weight excluding hydrogens is 380 g/mol. The van der Waals surface area contributed by atoms with Gasteiger partial charge in [-0.15, -0.1) is 0 Å². The van der Waals surface area contributed by atoms with E-state index in [0.29, 0.717) is 23.0 Å². The summed E-state index contributed by atoms with van der Waals surface area (Å²) in [7, 11) is 0. The maximum atomic E-state index is 12.7. The minimum Gasteiger partial charge on any atom is -0.456 e. The maximum Gasteiger partial charge on any atom is 0.251 e. The van der Waals surface area contributed by atoms with Crippen molar-refractivity contribution in [3.63, 3.8) is 0 Å². The summed E-state index contributed by atoms with van der Waals surface area (Å²) in [5.41, 5.74) is 1.70. The van der Waals surface area contributed by atoms with Crippen LogP contribution in [0.1, 0.15) is 23.2 Å². The smallest absolute Gasteiger partial charge is 0.251 e. The van der Waals surface area contributed by atoms with Gasteiger partial charge in [-0.3, -0.25) is 9.78 Å². The van der Waals surface area contributed by atoms with E-state index in [1.165, 1.54) is 25.9 Å². The third-order valence-electron chi connectivity index (χ3n) is 6.40. The molecule has 5 heterocycles. The molecule has 7 nitrogen and oxygen atoms in total. The van der Waals surface area contributed by atoms with Gasteiger partial charge >= 0.3 is 0 Å². The molecule has 4 fully saturated rings. The van der Waals surface area contributed by atoms with Crippen molar-refractivity contribution in [2.24, 2.45) is 5.92 Å².